The molecule has 0 amide bonds. The van der Waals surface area contributed by atoms with Crippen LogP contribution in [0.25, 0.3) is 11.3 Å². The van der Waals surface area contributed by atoms with E-state index in [1.807, 2.05) is 30.3 Å². The van der Waals surface area contributed by atoms with Crippen LogP contribution >= 0.6 is 0 Å². The van der Waals surface area contributed by atoms with Gasteiger partial charge in [-0.15, -0.1) is 0 Å². The van der Waals surface area contributed by atoms with Gasteiger partial charge in [0.25, 0.3) is 0 Å². The number of benzene rings is 1. The molecule has 2 aromatic rings. The third-order valence-electron chi connectivity index (χ3n) is 5.02. The first-order valence-electron chi connectivity index (χ1n) is 8.58. The minimum absolute atomic E-state index is 0.726. The Balaban J connectivity index is 1.68. The van der Waals surface area contributed by atoms with Crippen LogP contribution in [-0.2, 0) is 10.3 Å². The Labute approximate surface area is 142 Å². The van der Waals surface area contributed by atoms with Gasteiger partial charge in [-0.25, -0.2) is 4.98 Å². The molecule has 1 saturated heterocycles. The Morgan fingerprint density at radius 3 is 2.62 bits per heavy atom. The maximum absolute atomic E-state index is 10.6. The fraction of sp³-hybridized carbons (Fsp3) is 0.421. The zero-order valence-corrected chi connectivity index (χ0v) is 13.7. The highest BCUT2D eigenvalue weighted by Crippen LogP contribution is 2.40. The molecule has 5 nitrogen and oxygen atoms in total. The molecule has 126 valence electrons. The first-order chi connectivity index (χ1) is 11.6. The van der Waals surface area contributed by atoms with Crippen molar-refractivity contribution in [1.82, 2.24) is 4.98 Å². The third kappa shape index (κ3) is 2.85. The molecule has 0 unspecified atom stereocenters. The summed E-state index contributed by atoms with van der Waals surface area (Å²) in [5, 5.41) is 10.6. The SMILES string of the molecule is Nc1cc(-c2cccc(C3(O)CCC3)n2)cc(N2CCOCC2)c1. The molecule has 2 fully saturated rings. The van der Waals surface area contributed by atoms with Gasteiger partial charge in [-0.1, -0.05) is 6.07 Å². The number of nitrogens with zero attached hydrogens (tertiary/aromatic N) is 2. The molecule has 5 heteroatoms. The molecule has 4 rings (SSSR count). The Bertz CT molecular complexity index is 737. The maximum Gasteiger partial charge on any atom is 0.107 e. The summed E-state index contributed by atoms with van der Waals surface area (Å²) < 4.78 is 5.43. The van der Waals surface area contributed by atoms with Gasteiger partial charge in [-0.2, -0.15) is 0 Å². The summed E-state index contributed by atoms with van der Waals surface area (Å²) in [5.74, 6) is 0. The summed E-state index contributed by atoms with van der Waals surface area (Å²) in [6, 6.07) is 11.9. The minimum Gasteiger partial charge on any atom is -0.399 e. The summed E-state index contributed by atoms with van der Waals surface area (Å²) in [7, 11) is 0. The lowest BCUT2D eigenvalue weighted by atomic mass is 9.77. The van der Waals surface area contributed by atoms with Gasteiger partial charge < -0.3 is 20.5 Å². The van der Waals surface area contributed by atoms with Gasteiger partial charge >= 0.3 is 0 Å². The number of nitrogen functional groups attached to an aromatic ring is 1. The number of rotatable bonds is 3. The van der Waals surface area contributed by atoms with Gasteiger partial charge in [0.15, 0.2) is 0 Å². The van der Waals surface area contributed by atoms with Crippen LogP contribution in [-0.4, -0.2) is 36.4 Å². The molecule has 2 aliphatic rings. The van der Waals surface area contributed by atoms with E-state index in [4.69, 9.17) is 15.5 Å². The molecule has 0 spiro atoms. The highest BCUT2D eigenvalue weighted by molar-refractivity contribution is 5.71. The molecule has 1 aromatic carbocycles. The highest BCUT2D eigenvalue weighted by atomic mass is 16.5. The molecule has 3 N–H and O–H groups in total. The van der Waals surface area contributed by atoms with Crippen molar-refractivity contribution < 1.29 is 9.84 Å². The fourth-order valence-electron chi connectivity index (χ4n) is 3.41. The van der Waals surface area contributed by atoms with Crippen molar-refractivity contribution in [1.29, 1.82) is 0 Å². The summed E-state index contributed by atoms with van der Waals surface area (Å²) in [5.41, 5.74) is 9.82. The quantitative estimate of drug-likeness (QED) is 0.849. The monoisotopic (exact) mass is 325 g/mol. The molecule has 0 atom stereocenters. The first-order valence-corrected chi connectivity index (χ1v) is 8.58. The van der Waals surface area contributed by atoms with Crippen LogP contribution < -0.4 is 10.6 Å². The lowest BCUT2D eigenvalue weighted by molar-refractivity contribution is -0.0425. The van der Waals surface area contributed by atoms with Crippen LogP contribution in [0.5, 0.6) is 0 Å². The predicted molar refractivity (Wildman–Crippen MR) is 94.9 cm³/mol. The van der Waals surface area contributed by atoms with E-state index < -0.39 is 5.60 Å². The summed E-state index contributed by atoms with van der Waals surface area (Å²) >= 11 is 0. The van der Waals surface area contributed by atoms with Gasteiger partial charge in [0.1, 0.15) is 5.60 Å². The molecule has 0 radical (unpaired) electrons. The van der Waals surface area contributed by atoms with Gasteiger partial charge in [-0.3, -0.25) is 0 Å². The van der Waals surface area contributed by atoms with E-state index in [1.165, 1.54) is 0 Å². The molecule has 1 aliphatic heterocycles. The average Bonchev–Trinajstić information content (AvgIpc) is 2.60. The zero-order chi connectivity index (χ0) is 16.6. The topological polar surface area (TPSA) is 71.6 Å². The van der Waals surface area contributed by atoms with E-state index in [1.54, 1.807) is 0 Å². The number of hydrogen-bond donors (Lipinski definition) is 2. The number of morpholine rings is 1. The lowest BCUT2D eigenvalue weighted by Gasteiger charge is -2.36. The Hall–Kier alpha value is -2.11. The highest BCUT2D eigenvalue weighted by Gasteiger charge is 2.37. The number of hydrogen-bond acceptors (Lipinski definition) is 5. The molecule has 1 saturated carbocycles. The van der Waals surface area contributed by atoms with Crippen LogP contribution in [0.2, 0.25) is 0 Å². The summed E-state index contributed by atoms with van der Waals surface area (Å²) in [6.45, 7) is 3.22. The van der Waals surface area contributed by atoms with Gasteiger partial charge in [0, 0.05) is 30.0 Å². The van der Waals surface area contributed by atoms with Crippen molar-refractivity contribution in [2.75, 3.05) is 36.9 Å². The smallest absolute Gasteiger partial charge is 0.107 e. The van der Waals surface area contributed by atoms with Crippen LogP contribution in [0.1, 0.15) is 25.0 Å². The normalized spacial score (nSPS) is 19.8. The maximum atomic E-state index is 10.6. The lowest BCUT2D eigenvalue weighted by Crippen LogP contribution is -2.36. The zero-order valence-electron chi connectivity index (χ0n) is 13.7. The van der Waals surface area contributed by atoms with Crippen LogP contribution in [0, 0.1) is 0 Å². The molecular formula is C19H23N3O2. The number of ether oxygens (including phenoxy) is 1. The van der Waals surface area contributed by atoms with Crippen LogP contribution in [0.4, 0.5) is 11.4 Å². The van der Waals surface area contributed by atoms with Gasteiger partial charge in [-0.05, 0) is 49.6 Å². The third-order valence-corrected chi connectivity index (χ3v) is 5.02. The van der Waals surface area contributed by atoms with Crippen LogP contribution in [0.15, 0.2) is 36.4 Å². The molecule has 24 heavy (non-hydrogen) atoms. The number of aromatic nitrogens is 1. The Morgan fingerprint density at radius 2 is 1.92 bits per heavy atom. The Morgan fingerprint density at radius 1 is 1.12 bits per heavy atom. The molecular weight excluding hydrogens is 302 g/mol. The van der Waals surface area contributed by atoms with Crippen molar-refractivity contribution in [3.05, 3.63) is 42.1 Å². The van der Waals surface area contributed by atoms with E-state index in [9.17, 15) is 5.11 Å². The van der Waals surface area contributed by atoms with Crippen molar-refractivity contribution in [2.45, 2.75) is 24.9 Å². The number of nitrogens with two attached hydrogens (primary N) is 1. The number of pyridine rings is 1. The van der Waals surface area contributed by atoms with Gasteiger partial charge in [0.05, 0.1) is 24.6 Å². The number of aliphatic hydroxyl groups is 1. The molecule has 2 heterocycles. The summed E-state index contributed by atoms with van der Waals surface area (Å²) in [6.07, 6.45) is 2.64. The van der Waals surface area contributed by atoms with Crippen molar-refractivity contribution in [2.24, 2.45) is 0 Å². The largest absolute Gasteiger partial charge is 0.399 e. The minimum atomic E-state index is -0.747. The summed E-state index contributed by atoms with van der Waals surface area (Å²) in [4.78, 5) is 7.00. The first kappa shape index (κ1) is 15.4. The average molecular weight is 325 g/mol. The second kappa shape index (κ2) is 6.07. The van der Waals surface area contributed by atoms with E-state index in [-0.39, 0.29) is 0 Å². The Kier molecular flexibility index (Phi) is 3.90. The standard InChI is InChI=1S/C19H23N3O2/c20-15-11-14(12-16(13-15)22-7-9-24-10-8-22)17-3-1-4-18(21-17)19(23)5-2-6-19/h1,3-4,11-13,23H,2,5-10,20H2. The molecule has 1 aromatic heterocycles. The predicted octanol–water partition coefficient (Wildman–Crippen LogP) is 2.54. The second-order valence-electron chi connectivity index (χ2n) is 6.71. The van der Waals surface area contributed by atoms with E-state index in [0.29, 0.717) is 0 Å². The fourth-order valence-corrected chi connectivity index (χ4v) is 3.41. The van der Waals surface area contributed by atoms with E-state index in [2.05, 4.69) is 11.0 Å². The van der Waals surface area contributed by atoms with E-state index >= 15 is 0 Å². The van der Waals surface area contributed by atoms with Crippen LogP contribution in [0.3, 0.4) is 0 Å². The van der Waals surface area contributed by atoms with Crippen molar-refractivity contribution in [3.63, 3.8) is 0 Å². The van der Waals surface area contributed by atoms with Crippen molar-refractivity contribution >= 4 is 11.4 Å². The van der Waals surface area contributed by atoms with E-state index in [0.717, 1.165) is 73.9 Å². The van der Waals surface area contributed by atoms with Gasteiger partial charge in [0.2, 0.25) is 0 Å². The molecule has 0 bridgehead atoms. The van der Waals surface area contributed by atoms with Crippen molar-refractivity contribution in [3.8, 4) is 11.3 Å². The second-order valence-corrected chi connectivity index (χ2v) is 6.71. The number of anilines is 2. The molecule has 1 aliphatic carbocycles.